The van der Waals surface area contributed by atoms with Crippen LogP contribution in [0, 0.1) is 0 Å². The Morgan fingerprint density at radius 3 is 2.00 bits per heavy atom. The Bertz CT molecular complexity index is 85.9. The highest BCUT2D eigenvalue weighted by molar-refractivity contribution is 7.92. The van der Waals surface area contributed by atoms with E-state index >= 15 is 0 Å². The second-order valence-corrected chi connectivity index (χ2v) is 2.20. The Morgan fingerprint density at radius 2 is 2.00 bits per heavy atom. The monoisotopic (exact) mass is 144 g/mol. The summed E-state index contributed by atoms with van der Waals surface area (Å²) >= 11 is -5.10. The Labute approximate surface area is 44.9 Å². The molecule has 2 unspecified atom stereocenters. The van der Waals surface area contributed by atoms with E-state index < -0.39 is 22.5 Å². The van der Waals surface area contributed by atoms with E-state index in [1.54, 1.807) is 0 Å². The number of rotatable bonds is 2. The summed E-state index contributed by atoms with van der Waals surface area (Å²) in [5, 5.41) is 0. The van der Waals surface area contributed by atoms with Crippen LogP contribution in [0.4, 0.5) is 0 Å². The quantitative estimate of drug-likeness (QED) is 0.462. The van der Waals surface area contributed by atoms with Gasteiger partial charge in [-0.2, -0.15) is 0 Å². The molecule has 0 aromatic heterocycles. The van der Waals surface area contributed by atoms with E-state index in [0.717, 1.165) is 0 Å². The highest BCUT2D eigenvalue weighted by Gasteiger charge is 1.84. The van der Waals surface area contributed by atoms with E-state index in [4.69, 9.17) is 4.55 Å². The van der Waals surface area contributed by atoms with Gasteiger partial charge in [0, 0.05) is 11.3 Å². The van der Waals surface area contributed by atoms with Gasteiger partial charge in [-0.05, 0) is 0 Å². The van der Waals surface area contributed by atoms with E-state index in [0.29, 0.717) is 0 Å². The fourth-order valence-corrected chi connectivity index (χ4v) is 0.524. The molecule has 0 fully saturated rings. The van der Waals surface area contributed by atoms with Crippen molar-refractivity contribution < 1.29 is 17.5 Å². The normalized spacial score (nSPS) is 18.6. The minimum Gasteiger partial charge on any atom is -0.759 e. The first-order chi connectivity index (χ1) is 3.13. The van der Waals surface area contributed by atoms with Crippen LogP contribution in [0.1, 0.15) is 0 Å². The largest absolute Gasteiger partial charge is 0.759 e. The number of hydrogen-bond acceptors (Lipinski definition) is 3. The van der Waals surface area contributed by atoms with Gasteiger partial charge in [0.15, 0.2) is 0 Å². The summed E-state index contributed by atoms with van der Waals surface area (Å²) in [4.78, 5) is 0. The van der Waals surface area contributed by atoms with E-state index in [1.807, 2.05) is 0 Å². The SMILES string of the molecule is O=S([O-])NS(=O)O. The van der Waals surface area contributed by atoms with Crippen LogP contribution < -0.4 is 4.13 Å². The Kier molecular flexibility index (Phi) is 3.30. The lowest BCUT2D eigenvalue weighted by Gasteiger charge is -1.98. The molecule has 0 saturated heterocycles. The molecule has 0 saturated carbocycles. The average molecular weight is 144 g/mol. The highest BCUT2D eigenvalue weighted by Crippen LogP contribution is 1.63. The zero-order valence-corrected chi connectivity index (χ0v) is 4.62. The molecule has 0 spiro atoms. The molecule has 0 heterocycles. The maximum atomic E-state index is 9.42. The number of hydrogen-bond donors (Lipinski definition) is 2. The van der Waals surface area contributed by atoms with E-state index in [1.165, 1.54) is 4.13 Å². The van der Waals surface area contributed by atoms with Crippen molar-refractivity contribution >= 4 is 22.5 Å². The van der Waals surface area contributed by atoms with Crippen molar-refractivity contribution in [2.24, 2.45) is 0 Å². The van der Waals surface area contributed by atoms with E-state index in [-0.39, 0.29) is 0 Å². The molecule has 0 rings (SSSR count). The fraction of sp³-hybridized carbons (Fsp3) is 0. The van der Waals surface area contributed by atoms with E-state index in [2.05, 4.69) is 0 Å². The van der Waals surface area contributed by atoms with Gasteiger partial charge in [0.25, 0.3) is 0 Å². The Hall–Kier alpha value is 0.180. The number of nitrogens with one attached hydrogen (secondary N) is 1. The summed E-state index contributed by atoms with van der Waals surface area (Å²) in [6.45, 7) is 0. The Balaban J connectivity index is 3.32. The molecule has 44 valence electrons. The third-order valence-corrected chi connectivity index (χ3v) is 1.25. The second-order valence-electron chi connectivity index (χ2n) is 0.567. The zero-order chi connectivity index (χ0) is 5.86. The predicted octanol–water partition coefficient (Wildman–Crippen LogP) is -1.49. The first-order valence-corrected chi connectivity index (χ1v) is 3.27. The molecule has 0 radical (unpaired) electrons. The minimum atomic E-state index is -2.65. The third kappa shape index (κ3) is 6.18. The molecule has 7 heteroatoms. The van der Waals surface area contributed by atoms with Crippen LogP contribution in [0.3, 0.4) is 0 Å². The van der Waals surface area contributed by atoms with Crippen molar-refractivity contribution in [3.05, 3.63) is 0 Å². The molecule has 0 aliphatic heterocycles. The Morgan fingerprint density at radius 1 is 1.57 bits per heavy atom. The van der Waals surface area contributed by atoms with Crippen molar-refractivity contribution in [2.45, 2.75) is 0 Å². The van der Waals surface area contributed by atoms with Crippen LogP contribution in [-0.4, -0.2) is 17.5 Å². The lowest BCUT2D eigenvalue weighted by molar-refractivity contribution is 0.524. The average Bonchev–Trinajstić information content (AvgIpc) is 1.27. The highest BCUT2D eigenvalue weighted by atomic mass is 32.3. The molecule has 7 heavy (non-hydrogen) atoms. The van der Waals surface area contributed by atoms with Crippen LogP contribution in [0.25, 0.3) is 0 Å². The van der Waals surface area contributed by atoms with Gasteiger partial charge in [-0.15, -0.1) is 4.13 Å². The predicted molar refractivity (Wildman–Crippen MR) is 22.8 cm³/mol. The van der Waals surface area contributed by atoms with Crippen molar-refractivity contribution in [3.8, 4) is 0 Å². The summed E-state index contributed by atoms with van der Waals surface area (Å²) in [5.74, 6) is 0. The molecule has 2 N–H and O–H groups in total. The standard InChI is InChI=1S/H3NO4S2/c2-6(3)1-7(4)5/h1H,(H,2,3)(H,4,5)/p-1. The minimum absolute atomic E-state index is 1.25. The first-order valence-electron chi connectivity index (χ1n) is 1.09. The van der Waals surface area contributed by atoms with Gasteiger partial charge in [-0.3, -0.25) is 8.76 Å². The summed E-state index contributed by atoms with van der Waals surface area (Å²) < 4.78 is 37.0. The van der Waals surface area contributed by atoms with Gasteiger partial charge in [0.1, 0.15) is 0 Å². The molecule has 5 nitrogen and oxygen atoms in total. The lowest BCUT2D eigenvalue weighted by Crippen LogP contribution is -2.17. The van der Waals surface area contributed by atoms with Gasteiger partial charge in [-0.25, -0.2) is 4.21 Å². The van der Waals surface area contributed by atoms with Gasteiger partial charge in [0.2, 0.25) is 11.3 Å². The maximum Gasteiger partial charge on any atom is 0.243 e. The van der Waals surface area contributed by atoms with Crippen molar-refractivity contribution in [1.29, 1.82) is 0 Å². The van der Waals surface area contributed by atoms with Gasteiger partial charge >= 0.3 is 0 Å². The molecule has 0 aromatic rings. The van der Waals surface area contributed by atoms with Crippen LogP contribution in [0.15, 0.2) is 0 Å². The van der Waals surface area contributed by atoms with Crippen molar-refractivity contribution in [1.82, 2.24) is 4.13 Å². The lowest BCUT2D eigenvalue weighted by atomic mass is 13.9. The smallest absolute Gasteiger partial charge is 0.243 e. The molecular formula is H2NO4S2-. The van der Waals surface area contributed by atoms with Gasteiger partial charge in [-0.1, -0.05) is 0 Å². The second kappa shape index (κ2) is 3.22. The van der Waals surface area contributed by atoms with Gasteiger partial charge < -0.3 is 4.55 Å². The molecule has 2 atom stereocenters. The molecule has 0 aliphatic carbocycles. The van der Waals surface area contributed by atoms with Crippen LogP contribution in [-0.2, 0) is 22.5 Å². The molecule has 0 amide bonds. The molecular weight excluding hydrogens is 142 g/mol. The fourth-order valence-electron chi connectivity index (χ4n) is 0.0582. The van der Waals surface area contributed by atoms with Crippen molar-refractivity contribution in [2.75, 3.05) is 0 Å². The van der Waals surface area contributed by atoms with Gasteiger partial charge in [0.05, 0.1) is 0 Å². The third-order valence-electron chi connectivity index (χ3n) is 0.139. The molecule has 0 bridgehead atoms. The van der Waals surface area contributed by atoms with Crippen LogP contribution >= 0.6 is 0 Å². The molecule has 0 aromatic carbocycles. The summed E-state index contributed by atoms with van der Waals surface area (Å²) in [7, 11) is 0. The van der Waals surface area contributed by atoms with Crippen LogP contribution in [0.5, 0.6) is 0 Å². The van der Waals surface area contributed by atoms with E-state index in [9.17, 15) is 13.0 Å². The topological polar surface area (TPSA) is 89.5 Å². The summed E-state index contributed by atoms with van der Waals surface area (Å²) in [6.07, 6.45) is 0. The first kappa shape index (κ1) is 7.18. The summed E-state index contributed by atoms with van der Waals surface area (Å²) in [5.41, 5.74) is 0. The van der Waals surface area contributed by atoms with Crippen LogP contribution in [0.2, 0.25) is 0 Å². The summed E-state index contributed by atoms with van der Waals surface area (Å²) in [6, 6.07) is 0. The van der Waals surface area contributed by atoms with Crippen molar-refractivity contribution in [3.63, 3.8) is 0 Å². The maximum absolute atomic E-state index is 9.42. The zero-order valence-electron chi connectivity index (χ0n) is 2.99. The molecule has 0 aliphatic rings.